The number of rotatable bonds is 4. The Morgan fingerprint density at radius 3 is 2.72 bits per heavy atom. The number of hydrogen-bond acceptors (Lipinski definition) is 4. The number of ether oxygens (including phenoxy) is 1. The van der Waals surface area contributed by atoms with Gasteiger partial charge in [0.25, 0.3) is 11.8 Å². The number of methoxy groups -OCH3 is 1. The lowest BCUT2D eigenvalue weighted by atomic mass is 9.98. The van der Waals surface area contributed by atoms with Crippen molar-refractivity contribution in [3.05, 3.63) is 83.1 Å². The van der Waals surface area contributed by atoms with Gasteiger partial charge in [0.15, 0.2) is 17.3 Å². The molecule has 0 fully saturated rings. The summed E-state index contributed by atoms with van der Waals surface area (Å²) in [5, 5.41) is 2.78. The van der Waals surface area contributed by atoms with E-state index >= 15 is 0 Å². The van der Waals surface area contributed by atoms with Gasteiger partial charge in [0, 0.05) is 24.3 Å². The van der Waals surface area contributed by atoms with Crippen molar-refractivity contribution in [2.24, 2.45) is 0 Å². The molecule has 1 aliphatic heterocycles. The number of halogens is 1. The SMILES string of the molecule is COc1ccc(C(=O)Nc2ccc3c(c2)CN(C(=O)c2ccco2)CC3)cc1F. The fourth-order valence-corrected chi connectivity index (χ4v) is 3.38. The summed E-state index contributed by atoms with van der Waals surface area (Å²) in [5.41, 5.74) is 2.85. The molecule has 1 N–H and O–H groups in total. The van der Waals surface area contributed by atoms with Gasteiger partial charge in [-0.05, 0) is 60.0 Å². The smallest absolute Gasteiger partial charge is 0.289 e. The number of amides is 2. The van der Waals surface area contributed by atoms with Crippen LogP contribution in [-0.4, -0.2) is 30.4 Å². The third-order valence-corrected chi connectivity index (χ3v) is 4.91. The van der Waals surface area contributed by atoms with Crippen LogP contribution in [0.25, 0.3) is 0 Å². The van der Waals surface area contributed by atoms with Gasteiger partial charge in [-0.15, -0.1) is 0 Å². The fourth-order valence-electron chi connectivity index (χ4n) is 3.38. The minimum Gasteiger partial charge on any atom is -0.494 e. The van der Waals surface area contributed by atoms with Crippen molar-refractivity contribution < 1.29 is 23.1 Å². The molecule has 0 unspecified atom stereocenters. The third-order valence-electron chi connectivity index (χ3n) is 4.91. The van der Waals surface area contributed by atoms with E-state index in [1.165, 1.54) is 25.5 Å². The highest BCUT2D eigenvalue weighted by atomic mass is 19.1. The van der Waals surface area contributed by atoms with Gasteiger partial charge < -0.3 is 19.4 Å². The molecule has 0 atom stereocenters. The molecule has 4 rings (SSSR count). The van der Waals surface area contributed by atoms with E-state index in [1.54, 1.807) is 23.1 Å². The van der Waals surface area contributed by atoms with Gasteiger partial charge in [-0.3, -0.25) is 9.59 Å². The van der Waals surface area contributed by atoms with E-state index in [0.29, 0.717) is 24.5 Å². The van der Waals surface area contributed by atoms with Crippen LogP contribution in [0.2, 0.25) is 0 Å². The van der Waals surface area contributed by atoms with Gasteiger partial charge in [-0.1, -0.05) is 6.07 Å². The maximum absolute atomic E-state index is 13.9. The van der Waals surface area contributed by atoms with E-state index in [9.17, 15) is 14.0 Å². The number of hydrogen-bond donors (Lipinski definition) is 1. The summed E-state index contributed by atoms with van der Waals surface area (Å²) in [4.78, 5) is 26.7. The molecule has 0 aliphatic carbocycles. The molecule has 0 bridgehead atoms. The maximum atomic E-state index is 13.9. The number of carbonyl (C=O) groups excluding carboxylic acids is 2. The molecule has 1 aromatic heterocycles. The highest BCUT2D eigenvalue weighted by molar-refractivity contribution is 6.04. The molecule has 29 heavy (non-hydrogen) atoms. The second-order valence-electron chi connectivity index (χ2n) is 6.74. The fraction of sp³-hybridized carbons (Fsp3) is 0.182. The Hall–Kier alpha value is -3.61. The summed E-state index contributed by atoms with van der Waals surface area (Å²) in [6.07, 6.45) is 2.19. The largest absolute Gasteiger partial charge is 0.494 e. The normalized spacial score (nSPS) is 13.0. The van der Waals surface area contributed by atoms with Crippen LogP contribution < -0.4 is 10.1 Å². The van der Waals surface area contributed by atoms with Crippen LogP contribution in [0.5, 0.6) is 5.75 Å². The third kappa shape index (κ3) is 3.85. The quantitative estimate of drug-likeness (QED) is 0.729. The molecule has 2 heterocycles. The van der Waals surface area contributed by atoms with Crippen LogP contribution in [0.3, 0.4) is 0 Å². The molecule has 2 aromatic carbocycles. The summed E-state index contributed by atoms with van der Waals surface area (Å²) in [5.74, 6) is -0.802. The molecular formula is C22H19FN2O4. The van der Waals surface area contributed by atoms with Crippen LogP contribution in [0, 0.1) is 5.82 Å². The topological polar surface area (TPSA) is 71.8 Å². The summed E-state index contributed by atoms with van der Waals surface area (Å²) in [6, 6.07) is 13.0. The first-order chi connectivity index (χ1) is 14.0. The lowest BCUT2D eigenvalue weighted by molar-refractivity contribution is 0.0702. The van der Waals surface area contributed by atoms with Gasteiger partial charge in [-0.2, -0.15) is 0 Å². The van der Waals surface area contributed by atoms with E-state index < -0.39 is 11.7 Å². The molecule has 7 heteroatoms. The van der Waals surface area contributed by atoms with E-state index in [4.69, 9.17) is 9.15 Å². The van der Waals surface area contributed by atoms with Crippen molar-refractivity contribution in [2.75, 3.05) is 19.0 Å². The summed E-state index contributed by atoms with van der Waals surface area (Å²) in [7, 11) is 1.37. The second-order valence-corrected chi connectivity index (χ2v) is 6.74. The summed E-state index contributed by atoms with van der Waals surface area (Å²) >= 11 is 0. The minimum atomic E-state index is -0.599. The van der Waals surface area contributed by atoms with Crippen molar-refractivity contribution in [3.63, 3.8) is 0 Å². The molecule has 0 saturated carbocycles. The van der Waals surface area contributed by atoms with Crippen LogP contribution in [0.15, 0.2) is 59.2 Å². The Morgan fingerprint density at radius 1 is 1.14 bits per heavy atom. The van der Waals surface area contributed by atoms with E-state index in [1.807, 2.05) is 12.1 Å². The minimum absolute atomic E-state index is 0.0802. The van der Waals surface area contributed by atoms with E-state index in [-0.39, 0.29) is 17.2 Å². The summed E-state index contributed by atoms with van der Waals surface area (Å²) < 4.78 is 23.9. The monoisotopic (exact) mass is 394 g/mol. The predicted molar refractivity (Wildman–Crippen MR) is 104 cm³/mol. The number of nitrogens with zero attached hydrogens (tertiary/aromatic N) is 1. The average molecular weight is 394 g/mol. The van der Waals surface area contributed by atoms with Gasteiger partial charge in [0.2, 0.25) is 0 Å². The number of furan rings is 1. The summed E-state index contributed by atoms with van der Waals surface area (Å²) in [6.45, 7) is 1.03. The second kappa shape index (κ2) is 7.79. The number of anilines is 1. The van der Waals surface area contributed by atoms with Crippen molar-refractivity contribution in [1.82, 2.24) is 4.90 Å². The number of benzene rings is 2. The highest BCUT2D eigenvalue weighted by Gasteiger charge is 2.23. The van der Waals surface area contributed by atoms with Gasteiger partial charge in [0.1, 0.15) is 0 Å². The predicted octanol–water partition coefficient (Wildman–Crippen LogP) is 3.88. The van der Waals surface area contributed by atoms with Crippen molar-refractivity contribution >= 4 is 17.5 Å². The highest BCUT2D eigenvalue weighted by Crippen LogP contribution is 2.25. The number of carbonyl (C=O) groups is 2. The molecule has 148 valence electrons. The Kier molecular flexibility index (Phi) is 5.03. The van der Waals surface area contributed by atoms with Gasteiger partial charge in [0.05, 0.1) is 13.4 Å². The first kappa shape index (κ1) is 18.7. The molecule has 3 aromatic rings. The van der Waals surface area contributed by atoms with E-state index in [0.717, 1.165) is 23.6 Å². The van der Waals surface area contributed by atoms with Crippen molar-refractivity contribution in [1.29, 1.82) is 0 Å². The Labute approximate surface area is 166 Å². The Morgan fingerprint density at radius 2 is 2.00 bits per heavy atom. The van der Waals surface area contributed by atoms with E-state index in [2.05, 4.69) is 5.32 Å². The zero-order chi connectivity index (χ0) is 20.4. The zero-order valence-corrected chi connectivity index (χ0v) is 15.8. The molecule has 6 nitrogen and oxygen atoms in total. The van der Waals surface area contributed by atoms with Crippen LogP contribution in [-0.2, 0) is 13.0 Å². The standard InChI is InChI=1S/C22H19FN2O4/c1-28-19-7-5-15(12-18(19)23)21(26)24-17-6-4-14-8-9-25(13-16(14)11-17)22(27)20-3-2-10-29-20/h2-7,10-12H,8-9,13H2,1H3,(H,24,26). The molecule has 0 radical (unpaired) electrons. The molecular weight excluding hydrogens is 375 g/mol. The van der Waals surface area contributed by atoms with Crippen LogP contribution in [0.4, 0.5) is 10.1 Å². The Bertz CT molecular complexity index is 1060. The molecule has 0 saturated heterocycles. The Balaban J connectivity index is 1.49. The lowest BCUT2D eigenvalue weighted by Gasteiger charge is -2.28. The maximum Gasteiger partial charge on any atom is 0.289 e. The van der Waals surface area contributed by atoms with Gasteiger partial charge >= 0.3 is 0 Å². The zero-order valence-electron chi connectivity index (χ0n) is 15.8. The van der Waals surface area contributed by atoms with Crippen molar-refractivity contribution in [2.45, 2.75) is 13.0 Å². The van der Waals surface area contributed by atoms with Crippen molar-refractivity contribution in [3.8, 4) is 5.75 Å². The van der Waals surface area contributed by atoms with Crippen LogP contribution in [0.1, 0.15) is 32.0 Å². The number of nitrogens with one attached hydrogen (secondary N) is 1. The first-order valence-electron chi connectivity index (χ1n) is 9.14. The first-order valence-corrected chi connectivity index (χ1v) is 9.14. The lowest BCUT2D eigenvalue weighted by Crippen LogP contribution is -2.35. The average Bonchev–Trinajstić information content (AvgIpc) is 3.27. The molecule has 0 spiro atoms. The van der Waals surface area contributed by atoms with Gasteiger partial charge in [-0.25, -0.2) is 4.39 Å². The molecule has 2 amide bonds. The molecule has 1 aliphatic rings. The van der Waals surface area contributed by atoms with Crippen LogP contribution >= 0.6 is 0 Å². The number of fused-ring (bicyclic) bond motifs is 1.